The van der Waals surface area contributed by atoms with Crippen LogP contribution in [0, 0.1) is 0 Å². The quantitative estimate of drug-likeness (QED) is 0.510. The van der Waals surface area contributed by atoms with E-state index in [-0.39, 0.29) is 11.3 Å². The van der Waals surface area contributed by atoms with Crippen LogP contribution in [0.25, 0.3) is 11.1 Å². The van der Waals surface area contributed by atoms with Crippen molar-refractivity contribution in [3.63, 3.8) is 0 Å². The second-order valence-corrected chi connectivity index (χ2v) is 8.80. The number of halogens is 3. The molecule has 0 fully saturated rings. The van der Waals surface area contributed by atoms with Gasteiger partial charge in [-0.05, 0) is 47.5 Å². The second kappa shape index (κ2) is 7.75. The van der Waals surface area contributed by atoms with Gasteiger partial charge in [0, 0.05) is 11.8 Å². The van der Waals surface area contributed by atoms with Crippen LogP contribution in [0.15, 0.2) is 60.7 Å². The summed E-state index contributed by atoms with van der Waals surface area (Å²) < 4.78 is 66.8. The van der Waals surface area contributed by atoms with Crippen LogP contribution in [-0.2, 0) is 10.0 Å². The molecule has 1 aliphatic rings. The summed E-state index contributed by atoms with van der Waals surface area (Å²) >= 11 is 0. The summed E-state index contributed by atoms with van der Waals surface area (Å²) in [4.78, 5) is 12.8. The number of carbonyl (C=O) groups excluding carboxylic acids is 1. The van der Waals surface area contributed by atoms with E-state index in [1.54, 1.807) is 42.5 Å². The van der Waals surface area contributed by atoms with Crippen LogP contribution in [-0.4, -0.2) is 26.9 Å². The zero-order valence-corrected chi connectivity index (χ0v) is 17.3. The molecular weight excluding hydrogens is 447 g/mol. The molecule has 7 nitrogen and oxygen atoms in total. The molecule has 3 aromatic carbocycles. The predicted octanol–water partition coefficient (Wildman–Crippen LogP) is 4.93. The van der Waals surface area contributed by atoms with Crippen LogP contribution in [0.5, 0.6) is 5.75 Å². The molecule has 3 aromatic rings. The Morgan fingerprint density at radius 2 is 1.59 bits per heavy atom. The highest BCUT2D eigenvalue weighted by atomic mass is 32.2. The van der Waals surface area contributed by atoms with Crippen molar-refractivity contribution in [1.29, 1.82) is 0 Å². The smallest absolute Gasteiger partial charge is 0.406 e. The molecule has 0 saturated heterocycles. The molecule has 0 radical (unpaired) electrons. The molecular formula is C21H16F3N3O4S. The minimum atomic E-state index is -4.85. The van der Waals surface area contributed by atoms with Gasteiger partial charge in [0.05, 0.1) is 28.9 Å². The van der Waals surface area contributed by atoms with E-state index in [2.05, 4.69) is 20.1 Å². The number of nitrogens with one attached hydrogen (secondary N) is 3. The first-order valence-electron chi connectivity index (χ1n) is 9.17. The molecule has 32 heavy (non-hydrogen) atoms. The predicted molar refractivity (Wildman–Crippen MR) is 115 cm³/mol. The number of hydrogen-bond acceptors (Lipinski definition) is 5. The van der Waals surface area contributed by atoms with E-state index in [4.69, 9.17) is 0 Å². The fourth-order valence-electron chi connectivity index (χ4n) is 3.26. The van der Waals surface area contributed by atoms with Crippen molar-refractivity contribution in [3.8, 4) is 16.9 Å². The third-order valence-corrected chi connectivity index (χ3v) is 5.11. The van der Waals surface area contributed by atoms with Gasteiger partial charge in [0.15, 0.2) is 0 Å². The molecule has 166 valence electrons. The molecule has 0 saturated carbocycles. The van der Waals surface area contributed by atoms with Crippen molar-refractivity contribution in [1.82, 2.24) is 0 Å². The summed E-state index contributed by atoms with van der Waals surface area (Å²) in [6, 6.07) is 15.3. The van der Waals surface area contributed by atoms with E-state index < -0.39 is 28.0 Å². The third-order valence-electron chi connectivity index (χ3n) is 4.51. The lowest BCUT2D eigenvalue weighted by Gasteiger charge is -2.13. The number of anilines is 4. The fourth-order valence-corrected chi connectivity index (χ4v) is 3.82. The van der Waals surface area contributed by atoms with Gasteiger partial charge in [-0.25, -0.2) is 8.42 Å². The number of carbonyl (C=O) groups is 1. The first-order chi connectivity index (χ1) is 15.0. The first kappa shape index (κ1) is 21.5. The number of amides is 1. The lowest BCUT2D eigenvalue weighted by Crippen LogP contribution is -2.17. The van der Waals surface area contributed by atoms with E-state index in [1.165, 1.54) is 6.07 Å². The Morgan fingerprint density at radius 1 is 0.875 bits per heavy atom. The fraction of sp³-hybridized carbons (Fsp3) is 0.0952. The number of benzene rings is 3. The molecule has 0 spiro atoms. The van der Waals surface area contributed by atoms with Crippen molar-refractivity contribution >= 4 is 38.7 Å². The van der Waals surface area contributed by atoms with Gasteiger partial charge in [-0.15, -0.1) is 13.2 Å². The van der Waals surface area contributed by atoms with Gasteiger partial charge < -0.3 is 15.4 Å². The van der Waals surface area contributed by atoms with Crippen molar-refractivity contribution in [2.24, 2.45) is 0 Å². The number of ether oxygens (including phenoxy) is 1. The minimum absolute atomic E-state index is 0.133. The summed E-state index contributed by atoms with van der Waals surface area (Å²) in [5.74, 6) is -0.983. The molecule has 0 unspecified atom stereocenters. The molecule has 0 atom stereocenters. The van der Waals surface area contributed by atoms with E-state index in [1.807, 2.05) is 0 Å². The van der Waals surface area contributed by atoms with Gasteiger partial charge in [-0.1, -0.05) is 18.2 Å². The summed E-state index contributed by atoms with van der Waals surface area (Å²) in [5.41, 5.74) is 2.93. The molecule has 0 aliphatic carbocycles. The van der Waals surface area contributed by atoms with Gasteiger partial charge in [-0.3, -0.25) is 9.52 Å². The monoisotopic (exact) mass is 463 g/mol. The largest absolute Gasteiger partial charge is 0.573 e. The van der Waals surface area contributed by atoms with Crippen molar-refractivity contribution in [2.45, 2.75) is 6.36 Å². The highest BCUT2D eigenvalue weighted by molar-refractivity contribution is 7.92. The zero-order chi connectivity index (χ0) is 23.1. The number of fused-ring (bicyclic) bond motifs is 2. The van der Waals surface area contributed by atoms with Crippen LogP contribution in [0.3, 0.4) is 0 Å². The molecule has 3 N–H and O–H groups in total. The van der Waals surface area contributed by atoms with Gasteiger partial charge in [-0.2, -0.15) is 0 Å². The molecule has 11 heteroatoms. The van der Waals surface area contributed by atoms with Crippen molar-refractivity contribution < 1.29 is 31.1 Å². The molecule has 0 aromatic heterocycles. The Morgan fingerprint density at radius 3 is 2.31 bits per heavy atom. The average Bonchev–Trinajstić information content (AvgIpc) is 2.81. The first-order valence-corrected chi connectivity index (χ1v) is 11.1. The topological polar surface area (TPSA) is 96.5 Å². The minimum Gasteiger partial charge on any atom is -0.406 e. The number of alkyl halides is 3. The lowest BCUT2D eigenvalue weighted by atomic mass is 10.0. The molecule has 4 rings (SSSR count). The Kier molecular flexibility index (Phi) is 5.21. The SMILES string of the molecule is CS(=O)(=O)Nc1cccc(-c2ccc3c(c2)C(=O)Nc2cc(OC(F)(F)F)ccc2N3)c1. The maximum atomic E-state index is 12.8. The van der Waals surface area contributed by atoms with E-state index in [0.717, 1.165) is 18.4 Å². The highest BCUT2D eigenvalue weighted by Gasteiger charge is 2.31. The van der Waals surface area contributed by atoms with Crippen LogP contribution in [0.2, 0.25) is 0 Å². The summed E-state index contributed by atoms with van der Waals surface area (Å²) in [7, 11) is -3.45. The van der Waals surface area contributed by atoms with Crippen LogP contribution < -0.4 is 20.1 Å². The average molecular weight is 463 g/mol. The van der Waals surface area contributed by atoms with Gasteiger partial charge in [0.25, 0.3) is 5.91 Å². The van der Waals surface area contributed by atoms with E-state index >= 15 is 0 Å². The number of rotatable bonds is 4. The Labute approximate surface area is 181 Å². The van der Waals surface area contributed by atoms with Gasteiger partial charge >= 0.3 is 6.36 Å². The molecule has 1 aliphatic heterocycles. The summed E-state index contributed by atoms with van der Waals surface area (Å²) in [6.45, 7) is 0. The van der Waals surface area contributed by atoms with Gasteiger partial charge in [0.1, 0.15) is 5.75 Å². The van der Waals surface area contributed by atoms with E-state index in [0.29, 0.717) is 28.2 Å². The normalized spacial score (nSPS) is 13.2. The highest BCUT2D eigenvalue weighted by Crippen LogP contribution is 2.37. The molecule has 1 amide bonds. The Bertz CT molecular complexity index is 1320. The van der Waals surface area contributed by atoms with Crippen molar-refractivity contribution in [3.05, 3.63) is 66.2 Å². The maximum Gasteiger partial charge on any atom is 0.573 e. The van der Waals surface area contributed by atoms with E-state index in [9.17, 15) is 26.4 Å². The zero-order valence-electron chi connectivity index (χ0n) is 16.4. The lowest BCUT2D eigenvalue weighted by molar-refractivity contribution is -0.274. The Balaban J connectivity index is 1.66. The second-order valence-electron chi connectivity index (χ2n) is 7.05. The molecule has 1 heterocycles. The standard InChI is InChI=1S/C21H16F3N3O4S/c1-32(29,30)27-14-4-2-3-12(9-14)13-5-7-17-16(10-13)20(28)26-19-11-15(31-21(22,23)24)6-8-18(19)25-17/h2-11,25,27H,1H3,(H,26,28). The van der Waals surface area contributed by atoms with Crippen molar-refractivity contribution in [2.75, 3.05) is 21.6 Å². The van der Waals surface area contributed by atoms with Crippen LogP contribution in [0.4, 0.5) is 35.9 Å². The summed E-state index contributed by atoms with van der Waals surface area (Å²) in [6.07, 6.45) is -3.81. The number of sulfonamides is 1. The third kappa shape index (κ3) is 4.94. The summed E-state index contributed by atoms with van der Waals surface area (Å²) in [5, 5.41) is 5.62. The van der Waals surface area contributed by atoms with Gasteiger partial charge in [0.2, 0.25) is 10.0 Å². The number of hydrogen-bond donors (Lipinski definition) is 3. The molecule has 0 bridgehead atoms. The van der Waals surface area contributed by atoms with Crippen LogP contribution in [0.1, 0.15) is 10.4 Å². The Hall–Kier alpha value is -3.73. The van der Waals surface area contributed by atoms with Crippen LogP contribution >= 0.6 is 0 Å². The maximum absolute atomic E-state index is 12.8.